The van der Waals surface area contributed by atoms with Gasteiger partial charge in [-0.3, -0.25) is 0 Å². The summed E-state index contributed by atoms with van der Waals surface area (Å²) in [7, 11) is 0. The van der Waals surface area contributed by atoms with Crippen LogP contribution in [0.5, 0.6) is 0 Å². The molecule has 0 saturated heterocycles. The van der Waals surface area contributed by atoms with E-state index in [1.807, 2.05) is 0 Å². The van der Waals surface area contributed by atoms with Gasteiger partial charge < -0.3 is 0 Å². The van der Waals surface area contributed by atoms with Gasteiger partial charge in [0.15, 0.2) is 0 Å². The van der Waals surface area contributed by atoms with Gasteiger partial charge in [0.2, 0.25) is 0 Å². The fourth-order valence-corrected chi connectivity index (χ4v) is 14.6. The molecule has 0 aromatic carbocycles. The van der Waals surface area contributed by atoms with Gasteiger partial charge in [-0.1, -0.05) is 0 Å². The minimum absolute atomic E-state index is 0.245. The van der Waals surface area contributed by atoms with Crippen LogP contribution in [-0.2, 0) is 0 Å². The summed E-state index contributed by atoms with van der Waals surface area (Å²) in [5, 5.41) is 0. The molecule has 0 spiro atoms. The predicted octanol–water partition coefficient (Wildman–Crippen LogP) is 15.4. The second-order valence-corrected chi connectivity index (χ2v) is 27.4. The molecule has 44 heavy (non-hydrogen) atoms. The summed E-state index contributed by atoms with van der Waals surface area (Å²) in [6, 6.07) is 0. The van der Waals surface area contributed by atoms with E-state index in [0.717, 1.165) is 0 Å². The van der Waals surface area contributed by atoms with Crippen LogP contribution in [0.15, 0.2) is 0 Å². The van der Waals surface area contributed by atoms with Crippen LogP contribution < -0.4 is 0 Å². The fourth-order valence-electron chi connectivity index (χ4n) is 6.13. The van der Waals surface area contributed by atoms with Crippen molar-refractivity contribution in [1.82, 2.24) is 0 Å². The van der Waals surface area contributed by atoms with Crippen LogP contribution in [0.25, 0.3) is 0 Å². The SMILES string of the molecule is CCCCCCCCP(=[Se])(CCCCCCCC)CCCCCCCC.CCCCCCCC[P+](=[Se])CCCCCCCC. The van der Waals surface area contributed by atoms with E-state index < -0.39 is 5.51 Å². The molecule has 266 valence electrons. The van der Waals surface area contributed by atoms with Crippen LogP contribution in [0.3, 0.4) is 0 Å². The van der Waals surface area contributed by atoms with Crippen LogP contribution in [0.2, 0.25) is 0 Å². The first-order valence-corrected chi connectivity index (χ1v) is 29.0. The average Bonchev–Trinajstić information content (AvgIpc) is 3.02. The van der Waals surface area contributed by atoms with Crippen LogP contribution in [0.1, 0.15) is 227 Å². The second kappa shape index (κ2) is 40.9. The van der Waals surface area contributed by atoms with Crippen molar-refractivity contribution < 1.29 is 0 Å². The zero-order chi connectivity index (χ0) is 32.8. The molecule has 0 bridgehead atoms. The fraction of sp³-hybridized carbons (Fsp3) is 1.00. The Labute approximate surface area is 298 Å². The zero-order valence-corrected chi connectivity index (χ0v) is 36.7. The molecule has 0 aliphatic rings. The van der Waals surface area contributed by atoms with Gasteiger partial charge in [-0.15, -0.1) is 0 Å². The van der Waals surface area contributed by atoms with Gasteiger partial charge in [0.25, 0.3) is 0 Å². The summed E-state index contributed by atoms with van der Waals surface area (Å²) >= 11 is 7.25. The van der Waals surface area contributed by atoms with Crippen molar-refractivity contribution in [3.63, 3.8) is 0 Å². The topological polar surface area (TPSA) is 0 Å². The van der Waals surface area contributed by atoms with E-state index in [1.54, 1.807) is 18.5 Å². The van der Waals surface area contributed by atoms with E-state index in [9.17, 15) is 0 Å². The van der Waals surface area contributed by atoms with Gasteiger partial charge in [-0.05, 0) is 0 Å². The minimum atomic E-state index is -0.761. The average molecular weight is 786 g/mol. The molecule has 0 fully saturated rings. The molecule has 0 N–H and O–H groups in total. The van der Waals surface area contributed by atoms with Gasteiger partial charge >= 0.3 is 300 Å². The molecule has 0 aromatic rings. The second-order valence-electron chi connectivity index (χ2n) is 14.0. The van der Waals surface area contributed by atoms with Crippen LogP contribution >= 0.6 is 11.7 Å². The van der Waals surface area contributed by atoms with E-state index in [-0.39, 0.29) is 6.17 Å². The van der Waals surface area contributed by atoms with Gasteiger partial charge in [-0.25, -0.2) is 0 Å². The van der Waals surface area contributed by atoms with Crippen LogP contribution in [0, 0.1) is 0 Å². The Morgan fingerprint density at radius 1 is 0.318 bits per heavy atom. The molecule has 0 nitrogen and oxygen atoms in total. The quantitative estimate of drug-likeness (QED) is 0.0341. The van der Waals surface area contributed by atoms with Gasteiger partial charge in [0.05, 0.1) is 0 Å². The van der Waals surface area contributed by atoms with Crippen molar-refractivity contribution in [1.29, 1.82) is 0 Å². The summed E-state index contributed by atoms with van der Waals surface area (Å²) in [5.41, 5.74) is -0.761. The molecule has 0 radical (unpaired) electrons. The monoisotopic (exact) mass is 787 g/mol. The summed E-state index contributed by atoms with van der Waals surface area (Å²) in [4.78, 5) is 0. The molecule has 0 rings (SSSR count). The Hall–Kier alpha value is 1.77. The molecule has 0 amide bonds. The third kappa shape index (κ3) is 39.9. The maximum absolute atomic E-state index is 3.81. The molecule has 0 aliphatic heterocycles. The molecule has 0 atom stereocenters. The molecule has 0 aliphatic carbocycles. The summed E-state index contributed by atoms with van der Waals surface area (Å²) in [5.74, 6) is 0. The molecule has 4 heteroatoms. The van der Waals surface area contributed by atoms with Crippen LogP contribution in [0.4, 0.5) is 0 Å². The molecule has 0 unspecified atom stereocenters. The molecule has 0 saturated carbocycles. The van der Waals surface area contributed by atoms with E-state index in [0.29, 0.717) is 0 Å². The van der Waals surface area contributed by atoms with Crippen LogP contribution in [-0.4, -0.2) is 61.0 Å². The Morgan fingerprint density at radius 2 is 0.523 bits per heavy atom. The third-order valence-corrected chi connectivity index (χ3v) is 20.0. The zero-order valence-electron chi connectivity index (χ0n) is 31.5. The summed E-state index contributed by atoms with van der Waals surface area (Å²) in [6.45, 7) is 11.5. The van der Waals surface area contributed by atoms with E-state index >= 15 is 0 Å². The number of hydrogen-bond acceptors (Lipinski definition) is 0. The van der Waals surface area contributed by atoms with E-state index in [1.165, 1.54) is 205 Å². The Kier molecular flexibility index (Phi) is 44.6. The van der Waals surface area contributed by atoms with Crippen molar-refractivity contribution in [2.45, 2.75) is 227 Å². The third-order valence-electron chi connectivity index (χ3n) is 9.28. The van der Waals surface area contributed by atoms with Crippen molar-refractivity contribution in [3.05, 3.63) is 0 Å². The van der Waals surface area contributed by atoms with E-state index in [4.69, 9.17) is 0 Å². The standard InChI is InChI=1S/C24H51PSe.C16H34PSe/c1-4-7-10-13-16-19-22-25(26,23-20-17-14-11-8-5-2)24-21-18-15-12-9-6-3;1-3-5-7-9-11-13-15-17(18)16-14-12-10-8-6-4-2/h4-24H2,1-3H3;3-16H2,1-2H3/q;+1. The van der Waals surface area contributed by atoms with Crippen molar-refractivity contribution >= 4 is 41.9 Å². The Balaban J connectivity index is 0. The normalized spacial score (nSPS) is 11.5. The molecular weight excluding hydrogens is 700 g/mol. The number of rotatable bonds is 35. The first-order valence-electron chi connectivity index (χ1n) is 20.5. The van der Waals surface area contributed by atoms with Gasteiger partial charge in [-0.2, -0.15) is 0 Å². The van der Waals surface area contributed by atoms with Crippen molar-refractivity contribution in [2.24, 2.45) is 0 Å². The Morgan fingerprint density at radius 3 is 0.773 bits per heavy atom. The molecular formula is C40H85P2Se2+. The van der Waals surface area contributed by atoms with Gasteiger partial charge in [0, 0.05) is 0 Å². The first-order chi connectivity index (χ1) is 21.5. The van der Waals surface area contributed by atoms with Crippen molar-refractivity contribution in [3.8, 4) is 0 Å². The van der Waals surface area contributed by atoms with E-state index in [2.05, 4.69) is 64.8 Å². The van der Waals surface area contributed by atoms with Gasteiger partial charge in [0.1, 0.15) is 0 Å². The number of hydrogen-bond donors (Lipinski definition) is 0. The summed E-state index contributed by atoms with van der Waals surface area (Å²) < 4.78 is 0. The number of unbranched alkanes of at least 4 members (excludes halogenated alkanes) is 25. The predicted molar refractivity (Wildman–Crippen MR) is 217 cm³/mol. The Bertz CT molecular complexity index is 526. The molecule has 0 heterocycles. The molecule has 0 aromatic heterocycles. The van der Waals surface area contributed by atoms with Crippen molar-refractivity contribution in [2.75, 3.05) is 30.8 Å². The maximum atomic E-state index is 3.81. The first kappa shape index (κ1) is 47.9. The summed E-state index contributed by atoms with van der Waals surface area (Å²) in [6.07, 6.45) is 51.3.